The van der Waals surface area contributed by atoms with Crippen molar-refractivity contribution in [3.05, 3.63) is 117 Å². The number of rotatable bonds is 6. The first-order valence-corrected chi connectivity index (χ1v) is 13.2. The first-order chi connectivity index (χ1) is 18.3. The van der Waals surface area contributed by atoms with Gasteiger partial charge in [-0.05, 0) is 110 Å². The van der Waals surface area contributed by atoms with Crippen LogP contribution in [0.5, 0.6) is 5.75 Å². The third kappa shape index (κ3) is 5.54. The number of carbonyl (C=O) groups is 1. The number of halogens is 2. The third-order valence-electron chi connectivity index (χ3n) is 6.28. The van der Waals surface area contributed by atoms with Gasteiger partial charge in [0.05, 0.1) is 10.6 Å². The predicted molar refractivity (Wildman–Crippen MR) is 153 cm³/mol. The van der Waals surface area contributed by atoms with Crippen LogP contribution in [0.15, 0.2) is 82.7 Å². The predicted octanol–water partition coefficient (Wildman–Crippen LogP) is 7.67. The Bertz CT molecular complexity index is 1570. The average Bonchev–Trinajstić information content (AvgIpc) is 3.39. The molecule has 0 unspecified atom stereocenters. The van der Waals surface area contributed by atoms with Crippen molar-refractivity contribution in [3.63, 3.8) is 0 Å². The molecule has 0 saturated carbocycles. The van der Waals surface area contributed by atoms with Crippen LogP contribution in [0.4, 0.5) is 10.1 Å². The number of aromatic nitrogens is 1. The average molecular weight is 546 g/mol. The maximum absolute atomic E-state index is 13.1. The lowest BCUT2D eigenvalue weighted by molar-refractivity contribution is -0.115. The molecule has 192 valence electrons. The van der Waals surface area contributed by atoms with E-state index in [9.17, 15) is 9.18 Å². The molecule has 0 spiro atoms. The van der Waals surface area contributed by atoms with E-state index in [1.165, 1.54) is 23.9 Å². The van der Waals surface area contributed by atoms with Crippen LogP contribution in [-0.2, 0) is 11.4 Å². The second-order valence-electron chi connectivity index (χ2n) is 8.94. The molecule has 1 aliphatic heterocycles. The molecule has 1 fully saturated rings. The zero-order chi connectivity index (χ0) is 26.8. The number of hydrogen-bond acceptors (Lipinski definition) is 4. The fourth-order valence-electron chi connectivity index (χ4n) is 4.22. The van der Waals surface area contributed by atoms with Crippen LogP contribution in [0.3, 0.4) is 0 Å². The van der Waals surface area contributed by atoms with E-state index < -0.39 is 0 Å². The number of nitrogens with one attached hydrogen (secondary N) is 1. The van der Waals surface area contributed by atoms with E-state index in [0.717, 1.165) is 45.2 Å². The quantitative estimate of drug-likeness (QED) is 0.253. The van der Waals surface area contributed by atoms with E-state index in [-0.39, 0.29) is 11.7 Å². The van der Waals surface area contributed by atoms with Gasteiger partial charge in [0.25, 0.3) is 5.91 Å². The highest BCUT2D eigenvalue weighted by Crippen LogP contribution is 2.32. The molecule has 5 nitrogen and oxygen atoms in total. The van der Waals surface area contributed by atoms with Gasteiger partial charge in [0.2, 0.25) is 0 Å². The summed E-state index contributed by atoms with van der Waals surface area (Å²) in [6, 6.07) is 21.7. The Balaban J connectivity index is 1.33. The van der Waals surface area contributed by atoms with Crippen LogP contribution in [-0.4, -0.2) is 15.6 Å². The number of thioether (sulfide) groups is 1. The van der Waals surface area contributed by atoms with Gasteiger partial charge >= 0.3 is 0 Å². The van der Waals surface area contributed by atoms with Crippen molar-refractivity contribution in [3.8, 4) is 11.4 Å². The van der Waals surface area contributed by atoms with Crippen molar-refractivity contribution >= 4 is 46.2 Å². The van der Waals surface area contributed by atoms with Crippen LogP contribution in [0.25, 0.3) is 11.8 Å². The van der Waals surface area contributed by atoms with Crippen LogP contribution in [0.2, 0.25) is 5.02 Å². The van der Waals surface area contributed by atoms with E-state index in [1.807, 2.05) is 69.3 Å². The molecule has 0 bridgehead atoms. The molecular weight excluding hydrogens is 521 g/mol. The fourth-order valence-corrected chi connectivity index (χ4v) is 5.21. The molecule has 5 rings (SSSR count). The summed E-state index contributed by atoms with van der Waals surface area (Å²) < 4.78 is 21.1. The van der Waals surface area contributed by atoms with Crippen molar-refractivity contribution in [2.75, 3.05) is 0 Å². The van der Waals surface area contributed by atoms with Gasteiger partial charge in [0, 0.05) is 22.1 Å². The highest BCUT2D eigenvalue weighted by molar-refractivity contribution is 8.18. The van der Waals surface area contributed by atoms with E-state index >= 15 is 0 Å². The molecule has 1 amide bonds. The highest BCUT2D eigenvalue weighted by Gasteiger charge is 2.25. The molecular formula is C30H25ClFN3O2S. The lowest BCUT2D eigenvalue weighted by atomic mass is 10.2. The van der Waals surface area contributed by atoms with Gasteiger partial charge in [0.15, 0.2) is 5.17 Å². The number of ether oxygens (including phenoxy) is 1. The Labute approximate surface area is 230 Å². The summed E-state index contributed by atoms with van der Waals surface area (Å²) in [6.07, 6.45) is 1.90. The third-order valence-corrected chi connectivity index (χ3v) is 7.60. The highest BCUT2D eigenvalue weighted by atomic mass is 35.5. The maximum Gasteiger partial charge on any atom is 0.264 e. The normalized spacial score (nSPS) is 15.3. The topological polar surface area (TPSA) is 55.6 Å². The van der Waals surface area contributed by atoms with Gasteiger partial charge in [0.1, 0.15) is 18.2 Å². The zero-order valence-electron chi connectivity index (χ0n) is 21.1. The number of hydrogen-bond donors (Lipinski definition) is 1. The summed E-state index contributed by atoms with van der Waals surface area (Å²) in [6.45, 7) is 6.32. The van der Waals surface area contributed by atoms with Crippen molar-refractivity contribution in [1.29, 1.82) is 0 Å². The summed E-state index contributed by atoms with van der Waals surface area (Å²) in [5.74, 6) is 0.281. The van der Waals surface area contributed by atoms with E-state index in [2.05, 4.69) is 20.9 Å². The van der Waals surface area contributed by atoms with Gasteiger partial charge in [-0.1, -0.05) is 29.8 Å². The van der Waals surface area contributed by atoms with Gasteiger partial charge in [-0.25, -0.2) is 9.38 Å². The minimum atomic E-state index is -0.265. The summed E-state index contributed by atoms with van der Waals surface area (Å²) in [4.78, 5) is 17.8. The smallest absolute Gasteiger partial charge is 0.264 e. The lowest BCUT2D eigenvalue weighted by Crippen LogP contribution is -2.19. The molecule has 1 aliphatic rings. The zero-order valence-corrected chi connectivity index (χ0v) is 22.7. The first-order valence-electron chi connectivity index (χ1n) is 12.0. The minimum absolute atomic E-state index is 0.180. The number of carbonyl (C=O) groups excluding carboxylic acids is 1. The van der Waals surface area contributed by atoms with Gasteiger partial charge < -0.3 is 14.6 Å². The molecule has 8 heteroatoms. The molecule has 1 saturated heterocycles. The minimum Gasteiger partial charge on any atom is -0.489 e. The standard InChI is InChI=1S/C30H25ClFN3O2S/c1-18-15-22(16-28-29(36)34-30(38-28)33-27-6-4-5-26(31)19(27)2)20(3)35(18)24-11-13-25(14-12-24)37-17-21-7-9-23(32)10-8-21/h4-16H,17H2,1-3H3,(H,33,34,36)/b28-16+. The van der Waals surface area contributed by atoms with Crippen LogP contribution < -0.4 is 10.1 Å². The molecule has 38 heavy (non-hydrogen) atoms. The van der Waals surface area contributed by atoms with Crippen LogP contribution in [0, 0.1) is 26.6 Å². The number of aliphatic imine (C=N–C) groups is 1. The van der Waals surface area contributed by atoms with Crippen molar-refractivity contribution < 1.29 is 13.9 Å². The molecule has 0 atom stereocenters. The summed E-state index contributed by atoms with van der Waals surface area (Å²) in [5.41, 5.74) is 6.49. The molecule has 0 aliphatic carbocycles. The SMILES string of the molecule is Cc1c(Cl)cccc1N=C1NC(=O)/C(=C\c2cc(C)n(-c3ccc(OCc4ccc(F)cc4)cc3)c2C)S1. The van der Waals surface area contributed by atoms with Gasteiger partial charge in [-0.3, -0.25) is 4.79 Å². The monoisotopic (exact) mass is 545 g/mol. The van der Waals surface area contributed by atoms with Crippen LogP contribution in [0.1, 0.15) is 28.1 Å². The molecule has 2 heterocycles. The molecule has 4 aromatic rings. The summed E-state index contributed by atoms with van der Waals surface area (Å²) in [5, 5.41) is 4.01. The first kappa shape index (κ1) is 25.8. The Morgan fingerprint density at radius 1 is 1.05 bits per heavy atom. The number of aryl methyl sites for hydroxylation is 1. The Kier molecular flexibility index (Phi) is 7.40. The van der Waals surface area contributed by atoms with Crippen molar-refractivity contribution in [1.82, 2.24) is 9.88 Å². The Morgan fingerprint density at radius 3 is 2.53 bits per heavy atom. The van der Waals surface area contributed by atoms with E-state index in [4.69, 9.17) is 16.3 Å². The fraction of sp³-hybridized carbons (Fsp3) is 0.133. The maximum atomic E-state index is 13.1. The van der Waals surface area contributed by atoms with Gasteiger partial charge in [-0.2, -0.15) is 0 Å². The van der Waals surface area contributed by atoms with E-state index in [1.54, 1.807) is 12.1 Å². The van der Waals surface area contributed by atoms with Crippen LogP contribution >= 0.6 is 23.4 Å². The van der Waals surface area contributed by atoms with Crippen molar-refractivity contribution in [2.45, 2.75) is 27.4 Å². The summed E-state index contributed by atoms with van der Waals surface area (Å²) in [7, 11) is 0. The Hall–Kier alpha value is -3.81. The number of benzene rings is 3. The van der Waals surface area contributed by atoms with E-state index in [0.29, 0.717) is 21.7 Å². The second-order valence-corrected chi connectivity index (χ2v) is 10.4. The molecule has 1 N–H and O–H groups in total. The number of amidine groups is 1. The van der Waals surface area contributed by atoms with Crippen molar-refractivity contribution in [2.24, 2.45) is 4.99 Å². The molecule has 3 aromatic carbocycles. The Morgan fingerprint density at radius 2 is 1.79 bits per heavy atom. The number of amides is 1. The summed E-state index contributed by atoms with van der Waals surface area (Å²) >= 11 is 7.52. The van der Waals surface area contributed by atoms with Gasteiger partial charge in [-0.15, -0.1) is 0 Å². The molecule has 1 aromatic heterocycles. The second kappa shape index (κ2) is 10.9. The lowest BCUT2D eigenvalue weighted by Gasteiger charge is -2.11. The molecule has 0 radical (unpaired) electrons. The largest absolute Gasteiger partial charge is 0.489 e. The number of nitrogens with zero attached hydrogens (tertiary/aromatic N) is 2.